The van der Waals surface area contributed by atoms with Gasteiger partial charge in [0.15, 0.2) is 0 Å². The Morgan fingerprint density at radius 3 is 1.75 bits per heavy atom. The first-order chi connectivity index (χ1) is 3.39. The zero-order valence-electron chi connectivity index (χ0n) is 4.74. The molecule has 8 heavy (non-hydrogen) atoms. The van der Waals surface area contributed by atoms with Gasteiger partial charge in [-0.3, -0.25) is 0 Å². The van der Waals surface area contributed by atoms with Crippen LogP contribution >= 0.6 is 0 Å². The smallest absolute Gasteiger partial charge is 0 e. The van der Waals surface area contributed by atoms with Gasteiger partial charge in [-0.25, -0.2) is 0 Å². The molecule has 1 rings (SSSR count). The van der Waals surface area contributed by atoms with E-state index in [9.17, 15) is 0 Å². The zero-order chi connectivity index (χ0) is 5.11. The van der Waals surface area contributed by atoms with Crippen LogP contribution in [0.25, 0.3) is 0 Å². The van der Waals surface area contributed by atoms with Crippen molar-refractivity contribution in [3.8, 4) is 0 Å². The van der Waals surface area contributed by atoms with Gasteiger partial charge in [-0.1, -0.05) is 35.9 Å². The first-order valence-corrected chi connectivity index (χ1v) is 2.41. The van der Waals surface area contributed by atoms with Crippen molar-refractivity contribution >= 4 is 0 Å². The second-order valence-electron chi connectivity index (χ2n) is 1.65. The van der Waals surface area contributed by atoms with E-state index in [0.717, 1.165) is 0 Å². The number of hydrogen-bond acceptors (Lipinski definition) is 0. The third kappa shape index (κ3) is 2.71. The molecule has 0 aliphatic carbocycles. The van der Waals surface area contributed by atoms with Crippen LogP contribution in [-0.2, 0) is 0 Å². The van der Waals surface area contributed by atoms with Gasteiger partial charge in [-0.05, 0) is 6.92 Å². The van der Waals surface area contributed by atoms with Crippen LogP contribution in [0.4, 0.5) is 0 Å². The molecule has 0 radical (unpaired) electrons. The van der Waals surface area contributed by atoms with Crippen molar-refractivity contribution in [3.05, 3.63) is 35.9 Å². The van der Waals surface area contributed by atoms with Gasteiger partial charge in [-0.2, -0.15) is 0 Å². The van der Waals surface area contributed by atoms with Crippen molar-refractivity contribution in [1.29, 1.82) is 0 Å². The second-order valence-corrected chi connectivity index (χ2v) is 1.65. The first-order valence-electron chi connectivity index (χ1n) is 2.41. The van der Waals surface area contributed by atoms with Crippen molar-refractivity contribution in [2.45, 2.75) is 6.92 Å². The maximum atomic E-state index is 2.08. The van der Waals surface area contributed by atoms with Gasteiger partial charge in [0.05, 0.1) is 0 Å². The maximum absolute atomic E-state index is 2.08. The largest absolute Gasteiger partial charge is 0.0622 e. The normalized spacial score (nSPS) is 7.62. The molecular weight excluding hydrogens is 124 g/mol. The Balaban J connectivity index is 0.000000490. The van der Waals surface area contributed by atoms with E-state index in [0.29, 0.717) is 0 Å². The molecule has 0 aliphatic rings. The summed E-state index contributed by atoms with van der Waals surface area (Å²) < 4.78 is 0. The summed E-state index contributed by atoms with van der Waals surface area (Å²) >= 11 is 0. The molecule has 0 fully saturated rings. The summed E-state index contributed by atoms with van der Waals surface area (Å²) in [5, 5.41) is 0. The quantitative estimate of drug-likeness (QED) is 0.506. The van der Waals surface area contributed by atoms with E-state index in [1.54, 1.807) is 0 Å². The Hall–Kier alpha value is 0.480. The van der Waals surface area contributed by atoms with Crippen molar-refractivity contribution < 1.29 is 37.7 Å². The molecule has 0 heterocycles. The molecule has 1 aromatic carbocycles. The second kappa shape index (κ2) is 4.37. The van der Waals surface area contributed by atoms with E-state index < -0.39 is 0 Å². The predicted molar refractivity (Wildman–Crippen MR) is 31.2 cm³/mol. The number of rotatable bonds is 0. The Bertz CT molecular complexity index is 134. The van der Waals surface area contributed by atoms with Crippen molar-refractivity contribution in [1.82, 2.24) is 0 Å². The number of aryl methyl sites for hydroxylation is 1. The third-order valence-corrected chi connectivity index (χ3v) is 0.940. The monoisotopic (exact) mass is 132 g/mol. The summed E-state index contributed by atoms with van der Waals surface area (Å²) in [6.45, 7) is 2.08. The van der Waals surface area contributed by atoms with Crippen LogP contribution in [-0.4, -0.2) is 0 Å². The molecule has 0 saturated carbocycles. The fourth-order valence-corrected chi connectivity index (χ4v) is 0.534. The summed E-state index contributed by atoms with van der Waals surface area (Å²) in [7, 11) is 0. The molecule has 0 N–H and O–H groups in total. The standard InChI is InChI=1S/C7H8.Ar/c1-7-5-3-2-4-6-7;/h2-6H,1H3;. The molecule has 0 amide bonds. The average molecular weight is 132 g/mol. The van der Waals surface area contributed by atoms with Gasteiger partial charge in [0.1, 0.15) is 0 Å². The third-order valence-electron chi connectivity index (χ3n) is 0.940. The first kappa shape index (κ1) is 8.48. The fraction of sp³-hybridized carbons (Fsp3) is 0.143. The van der Waals surface area contributed by atoms with Crippen molar-refractivity contribution in [2.75, 3.05) is 0 Å². The molecule has 1 heteroatoms. The summed E-state index contributed by atoms with van der Waals surface area (Å²) in [6, 6.07) is 10.3. The summed E-state index contributed by atoms with van der Waals surface area (Å²) in [6.07, 6.45) is 0. The molecular formula is C7H8Ar. The van der Waals surface area contributed by atoms with Crippen molar-refractivity contribution in [2.24, 2.45) is 0 Å². The summed E-state index contributed by atoms with van der Waals surface area (Å²) in [5.41, 5.74) is 1.32. The van der Waals surface area contributed by atoms with Crippen LogP contribution in [0, 0.1) is 44.7 Å². The van der Waals surface area contributed by atoms with E-state index in [1.807, 2.05) is 18.2 Å². The Morgan fingerprint density at radius 1 is 1.00 bits per heavy atom. The van der Waals surface area contributed by atoms with Crippen LogP contribution in [0.15, 0.2) is 30.3 Å². The predicted octanol–water partition coefficient (Wildman–Crippen LogP) is 2.00. The minimum atomic E-state index is 0. The molecule has 0 aromatic heterocycles. The molecule has 0 nitrogen and oxygen atoms in total. The maximum Gasteiger partial charge on any atom is 0 e. The van der Waals surface area contributed by atoms with Crippen LogP contribution in [0.1, 0.15) is 5.56 Å². The van der Waals surface area contributed by atoms with Gasteiger partial charge in [0, 0.05) is 37.7 Å². The zero-order valence-corrected chi connectivity index (χ0v) is 5.45. The molecule has 0 unspecified atom stereocenters. The van der Waals surface area contributed by atoms with E-state index in [2.05, 4.69) is 19.1 Å². The van der Waals surface area contributed by atoms with Gasteiger partial charge in [-0.15, -0.1) is 0 Å². The van der Waals surface area contributed by atoms with E-state index in [-0.39, 0.29) is 37.7 Å². The molecule has 0 bridgehead atoms. The molecule has 1 aromatic rings. The van der Waals surface area contributed by atoms with Gasteiger partial charge >= 0.3 is 0 Å². The number of benzene rings is 1. The topological polar surface area (TPSA) is 0 Å². The Kier molecular flexibility index (Phi) is 4.63. The summed E-state index contributed by atoms with van der Waals surface area (Å²) in [5.74, 6) is 0. The minimum absolute atomic E-state index is 0. The summed E-state index contributed by atoms with van der Waals surface area (Å²) in [4.78, 5) is 0. The average Bonchev–Trinajstić information content (AvgIpc) is 1.69. The van der Waals surface area contributed by atoms with Gasteiger partial charge in [0.25, 0.3) is 0 Å². The molecule has 44 valence electrons. The van der Waals surface area contributed by atoms with Crippen LogP contribution < -0.4 is 0 Å². The van der Waals surface area contributed by atoms with Gasteiger partial charge in [0.2, 0.25) is 0 Å². The Labute approximate surface area is 79.9 Å². The fourth-order valence-electron chi connectivity index (χ4n) is 0.534. The van der Waals surface area contributed by atoms with Crippen LogP contribution in [0.5, 0.6) is 0 Å². The van der Waals surface area contributed by atoms with Crippen molar-refractivity contribution in [3.63, 3.8) is 0 Å². The van der Waals surface area contributed by atoms with Crippen LogP contribution in [0.2, 0.25) is 0 Å². The molecule has 0 aliphatic heterocycles. The van der Waals surface area contributed by atoms with Crippen LogP contribution in [0.3, 0.4) is 0 Å². The minimum Gasteiger partial charge on any atom is -0.0622 e. The molecule has 0 atom stereocenters. The molecule has 0 saturated heterocycles. The molecule has 0 spiro atoms. The number of hydrogen-bond donors (Lipinski definition) is 0. The van der Waals surface area contributed by atoms with E-state index in [4.69, 9.17) is 0 Å². The van der Waals surface area contributed by atoms with E-state index in [1.165, 1.54) is 5.56 Å². The SMILES string of the molecule is Cc1ccccc1.[Ar]. The Morgan fingerprint density at radius 2 is 1.50 bits per heavy atom. The van der Waals surface area contributed by atoms with E-state index >= 15 is 0 Å². The van der Waals surface area contributed by atoms with Gasteiger partial charge < -0.3 is 0 Å².